The zero-order chi connectivity index (χ0) is 29.1. The number of alkyl halides is 3. The minimum atomic E-state index is -4.51. The number of nitrogens with one attached hydrogen (secondary N) is 2. The van der Waals surface area contributed by atoms with Gasteiger partial charge in [-0.15, -0.1) is 0 Å². The van der Waals surface area contributed by atoms with Crippen molar-refractivity contribution < 1.29 is 31.1 Å². The average Bonchev–Trinajstić information content (AvgIpc) is 3.11. The second-order valence-electron chi connectivity index (χ2n) is 9.09. The predicted octanol–water partition coefficient (Wildman–Crippen LogP) is 5.39. The molecule has 0 radical (unpaired) electrons. The maximum Gasteiger partial charge on any atom is 0.416 e. The van der Waals surface area contributed by atoms with Gasteiger partial charge in [0.2, 0.25) is 5.91 Å². The van der Waals surface area contributed by atoms with Crippen molar-refractivity contribution in [3.8, 4) is 11.5 Å². The zero-order valence-corrected chi connectivity index (χ0v) is 23.0. The zero-order valence-electron chi connectivity index (χ0n) is 21.4. The quantitative estimate of drug-likeness (QED) is 0.357. The third-order valence-corrected chi connectivity index (χ3v) is 7.11. The van der Waals surface area contributed by atoms with Crippen LogP contribution < -0.4 is 15.4 Å². The van der Waals surface area contributed by atoms with Crippen molar-refractivity contribution in [2.75, 3.05) is 42.8 Å². The summed E-state index contributed by atoms with van der Waals surface area (Å²) >= 11 is 6.37. The number of likely N-dealkylation sites (N-methyl/N-ethyl adjacent to an activating group) is 1. The van der Waals surface area contributed by atoms with E-state index in [1.807, 2.05) is 0 Å². The van der Waals surface area contributed by atoms with Crippen LogP contribution in [0, 0.1) is 0 Å². The molecule has 40 heavy (non-hydrogen) atoms. The number of carbonyl (C=O) groups is 1. The van der Waals surface area contributed by atoms with E-state index in [0.717, 1.165) is 18.4 Å². The molecule has 1 aliphatic heterocycles. The third kappa shape index (κ3) is 7.42. The van der Waals surface area contributed by atoms with Crippen molar-refractivity contribution in [3.63, 3.8) is 0 Å². The van der Waals surface area contributed by atoms with Gasteiger partial charge < -0.3 is 20.3 Å². The van der Waals surface area contributed by atoms with Crippen molar-refractivity contribution in [2.45, 2.75) is 12.6 Å². The Bertz CT molecular complexity index is 1560. The van der Waals surface area contributed by atoms with Crippen LogP contribution in [-0.2, 0) is 20.8 Å². The van der Waals surface area contributed by atoms with Crippen LogP contribution in [0.4, 0.5) is 30.5 Å². The Morgan fingerprint density at radius 2 is 1.98 bits per heavy atom. The van der Waals surface area contributed by atoms with Crippen molar-refractivity contribution in [1.82, 2.24) is 14.9 Å². The molecule has 0 fully saturated rings. The average molecular weight is 596 g/mol. The summed E-state index contributed by atoms with van der Waals surface area (Å²) in [5, 5.41) is 6.42. The Labute approximate surface area is 233 Å². The van der Waals surface area contributed by atoms with E-state index < -0.39 is 21.6 Å². The molecule has 1 aromatic heterocycles. The van der Waals surface area contributed by atoms with Crippen LogP contribution in [0.25, 0.3) is 6.08 Å². The molecule has 4 rings (SSSR count). The van der Waals surface area contributed by atoms with Crippen molar-refractivity contribution in [2.24, 2.45) is 0 Å². The molecule has 14 heteroatoms. The van der Waals surface area contributed by atoms with Crippen LogP contribution in [0.15, 0.2) is 54.4 Å². The minimum absolute atomic E-state index is 0.0199. The summed E-state index contributed by atoms with van der Waals surface area (Å²) in [6.07, 6.45) is -0.0114. The molecule has 3 aromatic rings. The normalized spacial score (nSPS) is 13.4. The number of nitrogens with zero attached hydrogens (tertiary/aromatic N) is 3. The summed E-state index contributed by atoms with van der Waals surface area (Å²) in [5.41, 5.74) is 0.617. The SMILES string of the molecule is CN(CCS(C)(=O)=O)C(=O)C1=Cc2c(ncnc2Nc2ccc(Oc3cccc(C(F)(F)F)c3)c(Cl)c2)NCC1. The van der Waals surface area contributed by atoms with E-state index in [1.54, 1.807) is 19.2 Å². The number of fused-ring (bicyclic) bond motifs is 1. The molecule has 0 unspecified atom stereocenters. The van der Waals surface area contributed by atoms with Crippen LogP contribution in [-0.4, -0.2) is 61.3 Å². The molecule has 2 N–H and O–H groups in total. The largest absolute Gasteiger partial charge is 0.456 e. The van der Waals surface area contributed by atoms with Crippen LogP contribution in [0.2, 0.25) is 5.02 Å². The van der Waals surface area contributed by atoms with Crippen LogP contribution in [0.3, 0.4) is 0 Å². The Morgan fingerprint density at radius 1 is 1.20 bits per heavy atom. The fourth-order valence-corrected chi connectivity index (χ4v) is 4.64. The highest BCUT2D eigenvalue weighted by molar-refractivity contribution is 7.90. The molecule has 1 aliphatic rings. The van der Waals surface area contributed by atoms with Gasteiger partial charge in [0.1, 0.15) is 39.3 Å². The minimum Gasteiger partial charge on any atom is -0.456 e. The predicted molar refractivity (Wildman–Crippen MR) is 147 cm³/mol. The highest BCUT2D eigenvalue weighted by Crippen LogP contribution is 2.36. The van der Waals surface area contributed by atoms with E-state index in [9.17, 15) is 26.4 Å². The number of aromatic nitrogens is 2. The molecular weight excluding hydrogens is 571 g/mol. The molecular formula is C26H25ClF3N5O4S. The lowest BCUT2D eigenvalue weighted by Crippen LogP contribution is -2.32. The molecule has 0 atom stereocenters. The first-order valence-corrected chi connectivity index (χ1v) is 14.4. The van der Waals surface area contributed by atoms with Crippen LogP contribution >= 0.6 is 11.6 Å². The van der Waals surface area contributed by atoms with Gasteiger partial charge in [-0.25, -0.2) is 18.4 Å². The molecule has 2 heterocycles. The highest BCUT2D eigenvalue weighted by atomic mass is 35.5. The van der Waals surface area contributed by atoms with Gasteiger partial charge in [-0.1, -0.05) is 17.7 Å². The molecule has 0 spiro atoms. The second-order valence-corrected chi connectivity index (χ2v) is 11.8. The number of carbonyl (C=O) groups excluding carboxylic acids is 1. The first-order chi connectivity index (χ1) is 18.8. The third-order valence-electron chi connectivity index (χ3n) is 5.89. The summed E-state index contributed by atoms with van der Waals surface area (Å²) in [4.78, 5) is 22.9. The first-order valence-electron chi connectivity index (χ1n) is 11.9. The number of hydrogen-bond acceptors (Lipinski definition) is 8. The van der Waals surface area contributed by atoms with E-state index in [-0.39, 0.29) is 34.7 Å². The summed E-state index contributed by atoms with van der Waals surface area (Å²) in [7, 11) is -1.69. The maximum absolute atomic E-state index is 13.0. The number of amides is 1. The first kappa shape index (κ1) is 29.2. The lowest BCUT2D eigenvalue weighted by atomic mass is 10.1. The molecule has 0 saturated heterocycles. The number of benzene rings is 2. The van der Waals surface area contributed by atoms with E-state index in [1.165, 1.54) is 35.5 Å². The number of ether oxygens (including phenoxy) is 1. The summed E-state index contributed by atoms with van der Waals surface area (Å²) in [6.45, 7) is 0.480. The molecule has 212 valence electrons. The molecule has 9 nitrogen and oxygen atoms in total. The molecule has 0 bridgehead atoms. The van der Waals surface area contributed by atoms with Gasteiger partial charge >= 0.3 is 6.18 Å². The second kappa shape index (κ2) is 11.7. The Morgan fingerprint density at radius 3 is 2.67 bits per heavy atom. The van der Waals surface area contributed by atoms with Gasteiger partial charge in [-0.3, -0.25) is 4.79 Å². The molecule has 0 aliphatic carbocycles. The lowest BCUT2D eigenvalue weighted by molar-refractivity contribution is -0.137. The number of hydrogen-bond donors (Lipinski definition) is 2. The molecule has 0 saturated carbocycles. The number of halogens is 4. The van der Waals surface area contributed by atoms with E-state index in [0.29, 0.717) is 41.4 Å². The standard InChI is InChI=1S/C26H25ClF3N5O4S/c1-35(10-11-40(2,37)38)25(36)16-8-9-31-23-20(12-16)24(33-15-32-23)34-18-6-7-22(21(27)14-18)39-19-5-3-4-17(13-19)26(28,29)30/h3-7,12-15H,8-11H2,1-2H3,(H2,31,32,33,34). The van der Waals surface area contributed by atoms with Crippen LogP contribution in [0.5, 0.6) is 11.5 Å². The van der Waals surface area contributed by atoms with Gasteiger partial charge in [0, 0.05) is 37.7 Å². The van der Waals surface area contributed by atoms with E-state index in [2.05, 4.69) is 20.6 Å². The molecule has 1 amide bonds. The Kier molecular flexibility index (Phi) is 8.54. The van der Waals surface area contributed by atoms with Crippen LogP contribution in [0.1, 0.15) is 17.5 Å². The Balaban J connectivity index is 1.55. The smallest absolute Gasteiger partial charge is 0.416 e. The monoisotopic (exact) mass is 595 g/mol. The van der Waals surface area contributed by atoms with Crippen molar-refractivity contribution in [3.05, 3.63) is 70.5 Å². The number of sulfone groups is 1. The van der Waals surface area contributed by atoms with Gasteiger partial charge in [0.25, 0.3) is 0 Å². The summed E-state index contributed by atoms with van der Waals surface area (Å²) in [6, 6.07) is 9.11. The summed E-state index contributed by atoms with van der Waals surface area (Å²) < 4.78 is 67.7. The van der Waals surface area contributed by atoms with E-state index in [4.69, 9.17) is 16.3 Å². The lowest BCUT2D eigenvalue weighted by Gasteiger charge is -2.18. The highest BCUT2D eigenvalue weighted by Gasteiger charge is 2.30. The Hall–Kier alpha value is -3.84. The van der Waals surface area contributed by atoms with Crippen molar-refractivity contribution >= 4 is 50.7 Å². The number of rotatable bonds is 8. The topological polar surface area (TPSA) is 114 Å². The fourth-order valence-electron chi connectivity index (χ4n) is 3.81. The van der Waals surface area contributed by atoms with Gasteiger partial charge in [0.15, 0.2) is 0 Å². The van der Waals surface area contributed by atoms with E-state index >= 15 is 0 Å². The van der Waals surface area contributed by atoms with Crippen molar-refractivity contribution in [1.29, 1.82) is 0 Å². The maximum atomic E-state index is 13.0. The number of anilines is 3. The summed E-state index contributed by atoms with van der Waals surface area (Å²) in [5.74, 6) is 0.530. The fraction of sp³-hybridized carbons (Fsp3) is 0.269. The molecule has 2 aromatic carbocycles. The van der Waals surface area contributed by atoms with Gasteiger partial charge in [-0.2, -0.15) is 13.2 Å². The van der Waals surface area contributed by atoms with Gasteiger partial charge in [-0.05, 0) is 48.9 Å². The van der Waals surface area contributed by atoms with Gasteiger partial charge in [0.05, 0.1) is 21.9 Å².